The van der Waals surface area contributed by atoms with Crippen molar-refractivity contribution in [3.8, 4) is 5.75 Å². The number of anilines is 2. The summed E-state index contributed by atoms with van der Waals surface area (Å²) in [4.78, 5) is 14.7. The number of benzene rings is 1. The first-order valence-corrected chi connectivity index (χ1v) is 9.59. The van der Waals surface area contributed by atoms with Crippen molar-refractivity contribution in [2.45, 2.75) is 52.1 Å². The lowest BCUT2D eigenvalue weighted by molar-refractivity contribution is -0.119. The highest BCUT2D eigenvalue weighted by Gasteiger charge is 2.33. The summed E-state index contributed by atoms with van der Waals surface area (Å²) in [6, 6.07) is 6.00. The van der Waals surface area contributed by atoms with Crippen molar-refractivity contribution in [1.82, 2.24) is 0 Å². The Balaban J connectivity index is 1.73. The van der Waals surface area contributed by atoms with Crippen LogP contribution in [-0.4, -0.2) is 36.8 Å². The number of amides is 1. The normalized spacial score (nSPS) is 19.6. The molecule has 138 valence electrons. The van der Waals surface area contributed by atoms with Crippen LogP contribution in [-0.2, 0) is 4.79 Å². The van der Waals surface area contributed by atoms with Crippen LogP contribution in [0.3, 0.4) is 0 Å². The minimum Gasteiger partial charge on any atom is -0.491 e. The van der Waals surface area contributed by atoms with Gasteiger partial charge in [-0.05, 0) is 50.2 Å². The monoisotopic (exact) mass is 346 g/mol. The van der Waals surface area contributed by atoms with Crippen molar-refractivity contribution in [3.05, 3.63) is 18.2 Å². The molecule has 1 aliphatic heterocycles. The van der Waals surface area contributed by atoms with E-state index < -0.39 is 0 Å². The number of carbonyl (C=O) groups excluding carboxylic acids is 1. The molecule has 1 atom stereocenters. The van der Waals surface area contributed by atoms with E-state index in [2.05, 4.69) is 17.1 Å². The minimum atomic E-state index is -0.186. The maximum Gasteiger partial charge on any atom is 0.227 e. The summed E-state index contributed by atoms with van der Waals surface area (Å²) in [6.07, 6.45) is 4.65. The molecular weight excluding hydrogens is 316 g/mol. The van der Waals surface area contributed by atoms with Crippen molar-refractivity contribution in [2.75, 3.05) is 29.9 Å². The number of piperidine rings is 1. The van der Waals surface area contributed by atoms with E-state index in [9.17, 15) is 9.90 Å². The predicted molar refractivity (Wildman–Crippen MR) is 100 cm³/mol. The van der Waals surface area contributed by atoms with E-state index in [0.717, 1.165) is 62.3 Å². The zero-order valence-corrected chi connectivity index (χ0v) is 15.3. The number of ether oxygens (including phenoxy) is 1. The van der Waals surface area contributed by atoms with E-state index in [-0.39, 0.29) is 17.9 Å². The van der Waals surface area contributed by atoms with Gasteiger partial charge in [0.15, 0.2) is 0 Å². The van der Waals surface area contributed by atoms with Crippen molar-refractivity contribution in [2.24, 2.45) is 11.8 Å². The van der Waals surface area contributed by atoms with Gasteiger partial charge in [0.1, 0.15) is 5.75 Å². The van der Waals surface area contributed by atoms with Crippen LogP contribution in [0.25, 0.3) is 0 Å². The first-order valence-electron chi connectivity index (χ1n) is 9.59. The maximum absolute atomic E-state index is 12.4. The molecule has 2 aliphatic rings. The van der Waals surface area contributed by atoms with Crippen LogP contribution in [0.1, 0.15) is 46.0 Å². The molecule has 1 aromatic carbocycles. The molecule has 5 heteroatoms. The van der Waals surface area contributed by atoms with E-state index in [1.54, 1.807) is 0 Å². The molecule has 3 rings (SSSR count). The molecule has 5 nitrogen and oxygen atoms in total. The quantitative estimate of drug-likeness (QED) is 0.794. The zero-order valence-electron chi connectivity index (χ0n) is 15.3. The number of aliphatic hydroxyl groups excluding tert-OH is 1. The lowest BCUT2D eigenvalue weighted by Crippen LogP contribution is -2.35. The Morgan fingerprint density at radius 1 is 1.32 bits per heavy atom. The standard InChI is InChI=1S/C20H30N2O3/c1-3-12-25-19-13-16(22-10-8-17(23)9-11-22)6-7-18(19)21-20(24)14(2)15-4-5-15/h6-7,13-15,17,23H,3-5,8-12H2,1-2H3,(H,21,24)/t14-/m0/s1. The lowest BCUT2D eigenvalue weighted by atomic mass is 10.1. The molecule has 1 aromatic rings. The number of carbonyl (C=O) groups is 1. The smallest absolute Gasteiger partial charge is 0.227 e. The molecule has 1 heterocycles. The molecule has 0 unspecified atom stereocenters. The van der Waals surface area contributed by atoms with Crippen molar-refractivity contribution in [3.63, 3.8) is 0 Å². The Bertz CT molecular complexity index is 593. The molecule has 0 aromatic heterocycles. The molecule has 0 bridgehead atoms. The maximum atomic E-state index is 12.4. The number of nitrogens with zero attached hydrogens (tertiary/aromatic N) is 1. The second-order valence-electron chi connectivity index (χ2n) is 7.36. The van der Waals surface area contributed by atoms with E-state index in [0.29, 0.717) is 12.5 Å². The van der Waals surface area contributed by atoms with Gasteiger partial charge >= 0.3 is 0 Å². The SMILES string of the molecule is CCCOc1cc(N2CCC(O)CC2)ccc1NC(=O)[C@@H](C)C1CC1. The third-order valence-electron chi connectivity index (χ3n) is 5.26. The third kappa shape index (κ3) is 4.66. The average molecular weight is 346 g/mol. The van der Waals surface area contributed by atoms with Crippen LogP contribution in [0.5, 0.6) is 5.75 Å². The van der Waals surface area contributed by atoms with Crippen LogP contribution in [0.4, 0.5) is 11.4 Å². The van der Waals surface area contributed by atoms with Gasteiger partial charge in [0.25, 0.3) is 0 Å². The van der Waals surface area contributed by atoms with Gasteiger partial charge in [-0.2, -0.15) is 0 Å². The first kappa shape index (κ1) is 18.1. The summed E-state index contributed by atoms with van der Waals surface area (Å²) in [5, 5.41) is 12.7. The second-order valence-corrected chi connectivity index (χ2v) is 7.36. The summed E-state index contributed by atoms with van der Waals surface area (Å²) >= 11 is 0. The van der Waals surface area contributed by atoms with Crippen LogP contribution < -0.4 is 15.0 Å². The van der Waals surface area contributed by atoms with Gasteiger partial charge in [-0.1, -0.05) is 13.8 Å². The van der Waals surface area contributed by atoms with Gasteiger partial charge in [-0.25, -0.2) is 0 Å². The topological polar surface area (TPSA) is 61.8 Å². The van der Waals surface area contributed by atoms with Gasteiger partial charge in [0.2, 0.25) is 5.91 Å². The first-order chi connectivity index (χ1) is 12.1. The fraction of sp³-hybridized carbons (Fsp3) is 0.650. The van der Waals surface area contributed by atoms with E-state index in [1.807, 2.05) is 25.1 Å². The Kier molecular flexibility index (Phi) is 5.84. The number of aliphatic hydroxyl groups is 1. The predicted octanol–water partition coefficient (Wildman–Crippen LogP) is 3.42. The number of hydrogen-bond donors (Lipinski definition) is 2. The summed E-state index contributed by atoms with van der Waals surface area (Å²) in [5.74, 6) is 1.42. The number of nitrogens with one attached hydrogen (secondary N) is 1. The highest BCUT2D eigenvalue weighted by atomic mass is 16.5. The minimum absolute atomic E-state index is 0.0577. The van der Waals surface area contributed by atoms with E-state index in [1.165, 1.54) is 0 Å². The van der Waals surface area contributed by atoms with Crippen molar-refractivity contribution >= 4 is 17.3 Å². The van der Waals surface area contributed by atoms with Crippen LogP contribution in [0, 0.1) is 11.8 Å². The molecule has 1 saturated carbocycles. The fourth-order valence-corrected chi connectivity index (χ4v) is 3.32. The number of hydrogen-bond acceptors (Lipinski definition) is 4. The van der Waals surface area contributed by atoms with Gasteiger partial charge in [-0.3, -0.25) is 4.79 Å². The Labute approximate surface area is 150 Å². The molecule has 2 N–H and O–H groups in total. The molecule has 25 heavy (non-hydrogen) atoms. The largest absolute Gasteiger partial charge is 0.491 e. The molecular formula is C20H30N2O3. The van der Waals surface area contributed by atoms with Gasteiger partial charge in [0.05, 0.1) is 18.4 Å². The van der Waals surface area contributed by atoms with Crippen LogP contribution in [0.15, 0.2) is 18.2 Å². The summed E-state index contributed by atoms with van der Waals surface area (Å²) in [6.45, 7) is 6.40. The Morgan fingerprint density at radius 2 is 2.04 bits per heavy atom. The molecule has 1 amide bonds. The van der Waals surface area contributed by atoms with Gasteiger partial charge in [0, 0.05) is 30.8 Å². The second kappa shape index (κ2) is 8.09. The number of rotatable bonds is 7. The summed E-state index contributed by atoms with van der Waals surface area (Å²) in [5.41, 5.74) is 1.85. The third-order valence-corrected chi connectivity index (χ3v) is 5.26. The van der Waals surface area contributed by atoms with Gasteiger partial charge < -0.3 is 20.1 Å². The van der Waals surface area contributed by atoms with Crippen molar-refractivity contribution < 1.29 is 14.6 Å². The zero-order chi connectivity index (χ0) is 17.8. The van der Waals surface area contributed by atoms with Crippen LogP contribution >= 0.6 is 0 Å². The Morgan fingerprint density at radius 3 is 2.68 bits per heavy atom. The molecule has 0 radical (unpaired) electrons. The molecule has 1 aliphatic carbocycles. The van der Waals surface area contributed by atoms with Crippen molar-refractivity contribution in [1.29, 1.82) is 0 Å². The lowest BCUT2D eigenvalue weighted by Gasteiger charge is -2.32. The molecule has 2 fully saturated rings. The highest BCUT2D eigenvalue weighted by molar-refractivity contribution is 5.94. The van der Waals surface area contributed by atoms with Gasteiger partial charge in [-0.15, -0.1) is 0 Å². The molecule has 1 saturated heterocycles. The Hall–Kier alpha value is -1.75. The summed E-state index contributed by atoms with van der Waals surface area (Å²) in [7, 11) is 0. The average Bonchev–Trinajstić information content (AvgIpc) is 3.46. The molecule has 0 spiro atoms. The highest BCUT2D eigenvalue weighted by Crippen LogP contribution is 2.38. The van der Waals surface area contributed by atoms with Crippen LogP contribution in [0.2, 0.25) is 0 Å². The van der Waals surface area contributed by atoms with E-state index >= 15 is 0 Å². The fourth-order valence-electron chi connectivity index (χ4n) is 3.32. The summed E-state index contributed by atoms with van der Waals surface area (Å²) < 4.78 is 5.90. The van der Waals surface area contributed by atoms with E-state index in [4.69, 9.17) is 4.74 Å².